The minimum atomic E-state index is -0.840. The number of benzene rings is 1. The minimum absolute atomic E-state index is 0.109. The zero-order valence-electron chi connectivity index (χ0n) is 16.7. The monoisotopic (exact) mass is 411 g/mol. The lowest BCUT2D eigenvalue weighted by molar-refractivity contribution is -0.0838. The predicted molar refractivity (Wildman–Crippen MR) is 109 cm³/mol. The first-order valence-corrected chi connectivity index (χ1v) is 10.1. The van der Waals surface area contributed by atoms with Crippen LogP contribution in [0.25, 0.3) is 11.2 Å². The molecule has 1 aliphatic heterocycles. The van der Waals surface area contributed by atoms with E-state index in [1.807, 2.05) is 0 Å². The summed E-state index contributed by atoms with van der Waals surface area (Å²) in [5, 5.41) is 10.8. The molecule has 0 amide bonds. The standard InChI is InChI=1S/C21H25N5O4/c1-28-18-17(27)15(9-29-14-7-6-12-4-2-3-5-13(12)8-14)30-21(18)26-11-25-16-19(22)23-10-24-20(16)26/h2-5,10-11,14-15,17-18,21,27H,6-9H2,1H3,(H2,22,23,24)/t14?,15-,17-,18-,21-/m1/s1. The van der Waals surface area contributed by atoms with Crippen molar-refractivity contribution in [2.45, 2.75) is 49.9 Å². The Morgan fingerprint density at radius 3 is 2.90 bits per heavy atom. The normalized spacial score (nSPS) is 28.7. The Morgan fingerprint density at radius 2 is 2.07 bits per heavy atom. The third-order valence-corrected chi connectivity index (χ3v) is 6.04. The highest BCUT2D eigenvalue weighted by molar-refractivity contribution is 5.81. The van der Waals surface area contributed by atoms with Gasteiger partial charge in [-0.15, -0.1) is 0 Å². The number of aliphatic hydroxyl groups is 1. The molecule has 1 saturated heterocycles. The van der Waals surface area contributed by atoms with Crippen molar-refractivity contribution in [2.24, 2.45) is 0 Å². The molecule has 5 atom stereocenters. The van der Waals surface area contributed by atoms with Crippen LogP contribution in [0.4, 0.5) is 5.82 Å². The van der Waals surface area contributed by atoms with E-state index in [1.54, 1.807) is 18.0 Å². The fourth-order valence-electron chi connectivity index (χ4n) is 4.43. The number of imidazole rings is 1. The summed E-state index contributed by atoms with van der Waals surface area (Å²) in [6.07, 6.45) is 3.37. The third kappa shape index (κ3) is 3.33. The zero-order valence-corrected chi connectivity index (χ0v) is 16.7. The third-order valence-electron chi connectivity index (χ3n) is 6.04. The number of aliphatic hydroxyl groups excluding tert-OH is 1. The van der Waals surface area contributed by atoms with Crippen LogP contribution in [0.15, 0.2) is 36.9 Å². The van der Waals surface area contributed by atoms with E-state index in [9.17, 15) is 5.11 Å². The molecule has 9 heteroatoms. The molecule has 1 aromatic carbocycles. The number of fused-ring (bicyclic) bond motifs is 2. The van der Waals surface area contributed by atoms with Crippen molar-refractivity contribution in [2.75, 3.05) is 19.5 Å². The lowest BCUT2D eigenvalue weighted by Gasteiger charge is -2.26. The molecule has 3 N–H and O–H groups in total. The van der Waals surface area contributed by atoms with Crippen molar-refractivity contribution < 1.29 is 19.3 Å². The van der Waals surface area contributed by atoms with E-state index in [0.29, 0.717) is 17.0 Å². The molecule has 3 heterocycles. The van der Waals surface area contributed by atoms with Crippen LogP contribution in [0.3, 0.4) is 0 Å². The van der Waals surface area contributed by atoms with Gasteiger partial charge in [0.2, 0.25) is 0 Å². The van der Waals surface area contributed by atoms with Gasteiger partial charge >= 0.3 is 0 Å². The number of hydrogen-bond donors (Lipinski definition) is 2. The van der Waals surface area contributed by atoms with Crippen molar-refractivity contribution in [1.29, 1.82) is 0 Å². The Morgan fingerprint density at radius 1 is 1.23 bits per heavy atom. The molecule has 0 bridgehead atoms. The second-order valence-corrected chi connectivity index (χ2v) is 7.81. The number of aryl methyl sites for hydroxylation is 1. The Labute approximate surface area is 173 Å². The van der Waals surface area contributed by atoms with Crippen LogP contribution in [0.2, 0.25) is 0 Å². The maximum Gasteiger partial charge on any atom is 0.167 e. The van der Waals surface area contributed by atoms with Crippen LogP contribution in [-0.2, 0) is 27.1 Å². The summed E-state index contributed by atoms with van der Waals surface area (Å²) in [6, 6.07) is 8.46. The van der Waals surface area contributed by atoms with Crippen molar-refractivity contribution in [3.8, 4) is 0 Å². The molecule has 30 heavy (non-hydrogen) atoms. The molecule has 1 aliphatic carbocycles. The van der Waals surface area contributed by atoms with E-state index in [2.05, 4.69) is 39.2 Å². The van der Waals surface area contributed by atoms with Crippen LogP contribution < -0.4 is 5.73 Å². The number of nitrogens with zero attached hydrogens (tertiary/aromatic N) is 4. The first-order chi connectivity index (χ1) is 14.7. The van der Waals surface area contributed by atoms with Crippen molar-refractivity contribution >= 4 is 17.0 Å². The molecule has 1 fully saturated rings. The van der Waals surface area contributed by atoms with Gasteiger partial charge in [-0.2, -0.15) is 0 Å². The number of anilines is 1. The lowest BCUT2D eigenvalue weighted by Crippen LogP contribution is -2.36. The van der Waals surface area contributed by atoms with Gasteiger partial charge < -0.3 is 25.1 Å². The summed E-state index contributed by atoms with van der Waals surface area (Å²) < 4.78 is 19.6. The molecular formula is C21H25N5O4. The van der Waals surface area contributed by atoms with Gasteiger partial charge in [0.1, 0.15) is 30.2 Å². The van der Waals surface area contributed by atoms with Crippen molar-refractivity contribution in [1.82, 2.24) is 19.5 Å². The van der Waals surface area contributed by atoms with Crippen molar-refractivity contribution in [3.63, 3.8) is 0 Å². The molecular weight excluding hydrogens is 386 g/mol. The van der Waals surface area contributed by atoms with Gasteiger partial charge in [-0.25, -0.2) is 15.0 Å². The number of hydrogen-bond acceptors (Lipinski definition) is 8. The molecule has 158 valence electrons. The van der Waals surface area contributed by atoms with Crippen LogP contribution in [0.5, 0.6) is 0 Å². The fraction of sp³-hybridized carbons (Fsp3) is 0.476. The van der Waals surface area contributed by atoms with Crippen LogP contribution in [-0.4, -0.2) is 62.8 Å². The van der Waals surface area contributed by atoms with Crippen LogP contribution >= 0.6 is 0 Å². The summed E-state index contributed by atoms with van der Waals surface area (Å²) in [7, 11) is 1.55. The van der Waals surface area contributed by atoms with Crippen molar-refractivity contribution in [3.05, 3.63) is 48.0 Å². The highest BCUT2D eigenvalue weighted by Crippen LogP contribution is 2.34. The van der Waals surface area contributed by atoms with E-state index < -0.39 is 24.5 Å². The van der Waals surface area contributed by atoms with E-state index in [0.717, 1.165) is 19.3 Å². The van der Waals surface area contributed by atoms with E-state index in [4.69, 9.17) is 19.9 Å². The van der Waals surface area contributed by atoms with Gasteiger partial charge in [-0.1, -0.05) is 24.3 Å². The lowest BCUT2D eigenvalue weighted by atomic mass is 9.90. The molecule has 5 rings (SSSR count). The Hall–Kier alpha value is -2.59. The molecule has 0 spiro atoms. The molecule has 0 radical (unpaired) electrons. The smallest absolute Gasteiger partial charge is 0.167 e. The number of nitrogens with two attached hydrogens (primary N) is 1. The largest absolute Gasteiger partial charge is 0.387 e. The second kappa shape index (κ2) is 7.92. The van der Waals surface area contributed by atoms with Gasteiger partial charge in [0.25, 0.3) is 0 Å². The second-order valence-electron chi connectivity index (χ2n) is 7.81. The molecule has 9 nitrogen and oxygen atoms in total. The molecule has 3 aromatic rings. The van der Waals surface area contributed by atoms with Gasteiger partial charge in [-0.05, 0) is 30.4 Å². The number of aromatic nitrogens is 4. The quantitative estimate of drug-likeness (QED) is 0.644. The van der Waals surface area contributed by atoms with Gasteiger partial charge in [0, 0.05) is 7.11 Å². The topological polar surface area (TPSA) is 118 Å². The highest BCUT2D eigenvalue weighted by Gasteiger charge is 2.46. The van der Waals surface area contributed by atoms with E-state index in [1.165, 1.54) is 17.5 Å². The Bertz CT molecular complexity index is 1040. The van der Waals surface area contributed by atoms with Gasteiger partial charge in [-0.3, -0.25) is 4.57 Å². The summed E-state index contributed by atoms with van der Waals surface area (Å²) in [4.78, 5) is 12.5. The first-order valence-electron chi connectivity index (χ1n) is 10.1. The number of rotatable bonds is 5. The minimum Gasteiger partial charge on any atom is -0.387 e. The zero-order chi connectivity index (χ0) is 20.7. The number of methoxy groups -OCH3 is 1. The SMILES string of the molecule is CO[C@@H]1[C@H](O)[C@@H](COC2CCc3ccccc3C2)O[C@H]1n1cnc2c(N)ncnc21. The van der Waals surface area contributed by atoms with E-state index >= 15 is 0 Å². The number of nitrogen functional groups attached to an aromatic ring is 1. The molecule has 0 saturated carbocycles. The average Bonchev–Trinajstić information content (AvgIpc) is 3.33. The Kier molecular flexibility index (Phi) is 5.11. The maximum absolute atomic E-state index is 10.8. The fourth-order valence-corrected chi connectivity index (χ4v) is 4.43. The van der Waals surface area contributed by atoms with Gasteiger partial charge in [0.15, 0.2) is 17.7 Å². The molecule has 1 unspecified atom stereocenters. The summed E-state index contributed by atoms with van der Waals surface area (Å²) in [5.74, 6) is 0.295. The summed E-state index contributed by atoms with van der Waals surface area (Å²) in [5.41, 5.74) is 9.63. The molecule has 2 aromatic heterocycles. The molecule has 2 aliphatic rings. The van der Waals surface area contributed by atoms with Crippen LogP contribution in [0, 0.1) is 0 Å². The first kappa shape index (κ1) is 19.4. The number of ether oxygens (including phenoxy) is 3. The van der Waals surface area contributed by atoms with E-state index in [-0.39, 0.29) is 12.7 Å². The maximum atomic E-state index is 10.8. The summed E-state index contributed by atoms with van der Waals surface area (Å²) in [6.45, 7) is 0.286. The summed E-state index contributed by atoms with van der Waals surface area (Å²) >= 11 is 0. The van der Waals surface area contributed by atoms with Crippen LogP contribution in [0.1, 0.15) is 23.8 Å². The average molecular weight is 411 g/mol. The highest BCUT2D eigenvalue weighted by atomic mass is 16.6. The Balaban J connectivity index is 1.30. The van der Waals surface area contributed by atoms with Gasteiger partial charge in [0.05, 0.1) is 19.0 Å². The predicted octanol–water partition coefficient (Wildman–Crippen LogP) is 1.26.